The molecular weight excluding hydrogens is 150 g/mol. The van der Waals surface area contributed by atoms with E-state index in [2.05, 4.69) is 5.32 Å². The maximum absolute atomic E-state index is 5.33. The summed E-state index contributed by atoms with van der Waals surface area (Å²) in [7, 11) is 3.86. The fourth-order valence-electron chi connectivity index (χ4n) is 2.18. The zero-order valence-electron chi connectivity index (χ0n) is 6.44. The number of methoxy groups -OCH3 is 1. The van der Waals surface area contributed by atoms with Crippen LogP contribution in [0.1, 0.15) is 19.3 Å². The van der Waals surface area contributed by atoms with Gasteiger partial charge in [0.25, 0.3) is 0 Å². The van der Waals surface area contributed by atoms with Crippen molar-refractivity contribution in [3.8, 4) is 0 Å². The van der Waals surface area contributed by atoms with E-state index >= 15 is 0 Å². The summed E-state index contributed by atoms with van der Waals surface area (Å²) in [5, 5.41) is 3.32. The molecule has 0 heterocycles. The number of hydrogen-bond acceptors (Lipinski definition) is 2. The van der Waals surface area contributed by atoms with Crippen LogP contribution in [-0.4, -0.2) is 25.3 Å². The van der Waals surface area contributed by atoms with Gasteiger partial charge in [-0.15, -0.1) is 12.4 Å². The molecule has 3 aliphatic carbocycles. The Morgan fingerprint density at radius 2 is 1.80 bits per heavy atom. The Hall–Kier alpha value is 0.210. The van der Waals surface area contributed by atoms with Crippen LogP contribution in [0, 0.1) is 0 Å². The van der Waals surface area contributed by atoms with Gasteiger partial charge in [0, 0.05) is 12.6 Å². The van der Waals surface area contributed by atoms with E-state index in [1.807, 2.05) is 14.2 Å². The number of halogens is 1. The summed E-state index contributed by atoms with van der Waals surface area (Å²) in [4.78, 5) is 0. The van der Waals surface area contributed by atoms with Gasteiger partial charge in [0.2, 0.25) is 0 Å². The summed E-state index contributed by atoms with van der Waals surface area (Å²) in [5.74, 6) is 0. The van der Waals surface area contributed by atoms with Crippen LogP contribution < -0.4 is 5.32 Å². The second kappa shape index (κ2) is 2.10. The molecule has 3 fully saturated rings. The van der Waals surface area contributed by atoms with Crippen molar-refractivity contribution >= 4 is 12.4 Å². The Morgan fingerprint density at radius 1 is 1.30 bits per heavy atom. The smallest absolute Gasteiger partial charge is 0.0731 e. The van der Waals surface area contributed by atoms with E-state index in [0.717, 1.165) is 0 Å². The molecule has 0 aromatic heterocycles. The topological polar surface area (TPSA) is 21.3 Å². The molecule has 2 bridgehead atoms. The van der Waals surface area contributed by atoms with Crippen molar-refractivity contribution in [2.75, 3.05) is 14.2 Å². The van der Waals surface area contributed by atoms with Crippen molar-refractivity contribution in [2.45, 2.75) is 30.4 Å². The SMILES string of the molecule is CNC12CC(OC)(C1)C2.Cl. The molecular formula is C7H14ClNO. The van der Waals surface area contributed by atoms with Crippen LogP contribution >= 0.6 is 12.4 Å². The third kappa shape index (κ3) is 0.728. The molecule has 3 heteroatoms. The Balaban J connectivity index is 0.000000500. The fourth-order valence-corrected chi connectivity index (χ4v) is 2.18. The predicted octanol–water partition coefficient (Wildman–Crippen LogP) is 0.949. The molecule has 0 aliphatic heterocycles. The largest absolute Gasteiger partial charge is 0.378 e. The van der Waals surface area contributed by atoms with Gasteiger partial charge < -0.3 is 10.1 Å². The van der Waals surface area contributed by atoms with Gasteiger partial charge in [-0.2, -0.15) is 0 Å². The first-order chi connectivity index (χ1) is 4.24. The van der Waals surface area contributed by atoms with E-state index < -0.39 is 0 Å². The fraction of sp³-hybridized carbons (Fsp3) is 1.00. The maximum Gasteiger partial charge on any atom is 0.0731 e. The van der Waals surface area contributed by atoms with E-state index in [9.17, 15) is 0 Å². The van der Waals surface area contributed by atoms with Gasteiger partial charge in [0.05, 0.1) is 5.60 Å². The van der Waals surface area contributed by atoms with Gasteiger partial charge in [0.1, 0.15) is 0 Å². The van der Waals surface area contributed by atoms with Crippen molar-refractivity contribution in [1.82, 2.24) is 5.32 Å². The van der Waals surface area contributed by atoms with Crippen LogP contribution in [0.25, 0.3) is 0 Å². The van der Waals surface area contributed by atoms with Crippen LogP contribution in [0.5, 0.6) is 0 Å². The molecule has 0 saturated heterocycles. The predicted molar refractivity (Wildman–Crippen MR) is 42.6 cm³/mol. The lowest BCUT2D eigenvalue weighted by Crippen LogP contribution is -2.77. The molecule has 1 N–H and O–H groups in total. The standard InChI is InChI=1S/C7H13NO.ClH/c1-8-6-3-7(4-6,5-6)9-2;/h8H,3-5H2,1-2H3;1H. The van der Waals surface area contributed by atoms with Gasteiger partial charge in [0.15, 0.2) is 0 Å². The Bertz CT molecular complexity index is 115. The number of ether oxygens (including phenoxy) is 1. The molecule has 0 spiro atoms. The Labute approximate surface area is 67.7 Å². The zero-order chi connectivity index (χ0) is 6.54. The highest BCUT2D eigenvalue weighted by molar-refractivity contribution is 5.85. The summed E-state index contributed by atoms with van der Waals surface area (Å²) < 4.78 is 5.33. The van der Waals surface area contributed by atoms with Gasteiger partial charge in [-0.25, -0.2) is 0 Å². The monoisotopic (exact) mass is 163 g/mol. The zero-order valence-corrected chi connectivity index (χ0v) is 7.25. The Morgan fingerprint density at radius 3 is 2.10 bits per heavy atom. The summed E-state index contributed by atoms with van der Waals surface area (Å²) >= 11 is 0. The first-order valence-electron chi connectivity index (χ1n) is 3.48. The van der Waals surface area contributed by atoms with Crippen LogP contribution in [0.15, 0.2) is 0 Å². The van der Waals surface area contributed by atoms with E-state index in [-0.39, 0.29) is 12.4 Å². The van der Waals surface area contributed by atoms with Crippen LogP contribution in [0.3, 0.4) is 0 Å². The van der Waals surface area contributed by atoms with Gasteiger partial charge in [-0.3, -0.25) is 0 Å². The molecule has 0 radical (unpaired) electrons. The minimum Gasteiger partial charge on any atom is -0.378 e. The van der Waals surface area contributed by atoms with Gasteiger partial charge >= 0.3 is 0 Å². The molecule has 2 nitrogen and oxygen atoms in total. The first-order valence-corrected chi connectivity index (χ1v) is 3.48. The average Bonchev–Trinajstić information content (AvgIpc) is 1.62. The highest BCUT2D eigenvalue weighted by Gasteiger charge is 2.67. The minimum atomic E-state index is 0. The highest BCUT2D eigenvalue weighted by Crippen LogP contribution is 2.61. The number of nitrogens with one attached hydrogen (secondary N) is 1. The van der Waals surface area contributed by atoms with Gasteiger partial charge in [-0.1, -0.05) is 0 Å². The van der Waals surface area contributed by atoms with Crippen molar-refractivity contribution in [3.63, 3.8) is 0 Å². The summed E-state index contributed by atoms with van der Waals surface area (Å²) in [6, 6.07) is 0. The molecule has 0 amide bonds. The van der Waals surface area contributed by atoms with Gasteiger partial charge in [-0.05, 0) is 26.3 Å². The summed E-state index contributed by atoms with van der Waals surface area (Å²) in [5.41, 5.74) is 0.805. The van der Waals surface area contributed by atoms with E-state index in [1.54, 1.807) is 0 Å². The van der Waals surface area contributed by atoms with Crippen molar-refractivity contribution < 1.29 is 4.74 Å². The van der Waals surface area contributed by atoms with Crippen molar-refractivity contribution in [1.29, 1.82) is 0 Å². The molecule has 0 atom stereocenters. The molecule has 10 heavy (non-hydrogen) atoms. The van der Waals surface area contributed by atoms with E-state index in [4.69, 9.17) is 4.74 Å². The quantitative estimate of drug-likeness (QED) is 0.655. The van der Waals surface area contributed by atoms with E-state index in [1.165, 1.54) is 19.3 Å². The molecule has 0 aromatic carbocycles. The Kier molecular flexibility index (Phi) is 1.74. The second-order valence-electron chi connectivity index (χ2n) is 3.45. The maximum atomic E-state index is 5.33. The minimum absolute atomic E-state index is 0. The normalized spacial score (nSPS) is 48.6. The van der Waals surface area contributed by atoms with Crippen molar-refractivity contribution in [2.24, 2.45) is 0 Å². The molecule has 0 aromatic rings. The molecule has 3 rings (SSSR count). The lowest BCUT2D eigenvalue weighted by molar-refractivity contribution is -0.236. The molecule has 60 valence electrons. The lowest BCUT2D eigenvalue weighted by Gasteiger charge is -2.69. The summed E-state index contributed by atoms with van der Waals surface area (Å²) in [6.07, 6.45) is 3.69. The number of rotatable bonds is 2. The summed E-state index contributed by atoms with van der Waals surface area (Å²) in [6.45, 7) is 0. The number of hydrogen-bond donors (Lipinski definition) is 1. The molecule has 3 saturated carbocycles. The van der Waals surface area contributed by atoms with Crippen LogP contribution in [0.2, 0.25) is 0 Å². The van der Waals surface area contributed by atoms with Crippen LogP contribution in [-0.2, 0) is 4.74 Å². The molecule has 3 aliphatic rings. The highest BCUT2D eigenvalue weighted by atomic mass is 35.5. The molecule has 0 unspecified atom stereocenters. The van der Waals surface area contributed by atoms with Crippen molar-refractivity contribution in [3.05, 3.63) is 0 Å². The third-order valence-corrected chi connectivity index (χ3v) is 2.95. The lowest BCUT2D eigenvalue weighted by atomic mass is 9.46. The van der Waals surface area contributed by atoms with Crippen LogP contribution in [0.4, 0.5) is 0 Å². The third-order valence-electron chi connectivity index (χ3n) is 2.95. The first kappa shape index (κ1) is 8.31. The average molecular weight is 164 g/mol. The van der Waals surface area contributed by atoms with E-state index in [0.29, 0.717) is 11.1 Å². The second-order valence-corrected chi connectivity index (χ2v) is 3.45.